The van der Waals surface area contributed by atoms with Gasteiger partial charge in [0.25, 0.3) is 0 Å². The summed E-state index contributed by atoms with van der Waals surface area (Å²) in [5.74, 6) is 0.568. The highest BCUT2D eigenvalue weighted by Gasteiger charge is 2.19. The zero-order valence-electron chi connectivity index (χ0n) is 10.8. The lowest BCUT2D eigenvalue weighted by Crippen LogP contribution is -2.02. The molecule has 0 radical (unpaired) electrons. The average molecular weight is 298 g/mol. The molecule has 1 heterocycles. The summed E-state index contributed by atoms with van der Waals surface area (Å²) >= 11 is 6.27. The molecule has 1 aliphatic rings. The van der Waals surface area contributed by atoms with Crippen molar-refractivity contribution in [3.8, 4) is 5.75 Å². The third-order valence-electron chi connectivity index (χ3n) is 3.75. The Kier molecular flexibility index (Phi) is 3.74. The van der Waals surface area contributed by atoms with Gasteiger partial charge in [-0.25, -0.2) is 0 Å². The zero-order valence-corrected chi connectivity index (χ0v) is 11.5. The summed E-state index contributed by atoms with van der Waals surface area (Å²) in [6.45, 7) is -2.84. The molecule has 0 atom stereocenters. The summed E-state index contributed by atoms with van der Waals surface area (Å²) < 4.78 is 28.8. The number of halogens is 3. The van der Waals surface area contributed by atoms with Gasteiger partial charge in [0, 0.05) is 17.0 Å². The first kappa shape index (κ1) is 13.6. The lowest BCUT2D eigenvalue weighted by atomic mass is 10.0. The molecule has 0 aliphatic heterocycles. The van der Waals surface area contributed by atoms with Crippen LogP contribution < -0.4 is 4.74 Å². The molecular formula is C15H14ClF2NO. The fourth-order valence-corrected chi connectivity index (χ4v) is 3.05. The zero-order chi connectivity index (χ0) is 14.1. The fraction of sp³-hybridized carbons (Fsp3) is 0.400. The van der Waals surface area contributed by atoms with Gasteiger partial charge in [0.1, 0.15) is 5.75 Å². The van der Waals surface area contributed by atoms with Crippen LogP contribution in [-0.4, -0.2) is 11.6 Å². The number of alkyl halides is 2. The van der Waals surface area contributed by atoms with Crippen LogP contribution in [0.15, 0.2) is 24.3 Å². The highest BCUT2D eigenvalue weighted by atomic mass is 35.5. The number of hydrogen-bond acceptors (Lipinski definition) is 2. The molecule has 2 nitrogen and oxygen atoms in total. The molecule has 20 heavy (non-hydrogen) atoms. The van der Waals surface area contributed by atoms with Gasteiger partial charge in [-0.15, -0.1) is 0 Å². The second kappa shape index (κ2) is 5.52. The summed E-state index contributed by atoms with van der Waals surface area (Å²) in [7, 11) is 0. The van der Waals surface area contributed by atoms with E-state index in [1.54, 1.807) is 6.07 Å². The van der Waals surface area contributed by atoms with Crippen LogP contribution >= 0.6 is 11.6 Å². The summed E-state index contributed by atoms with van der Waals surface area (Å²) in [6.07, 6.45) is 4.73. The molecule has 0 spiro atoms. The Morgan fingerprint density at radius 1 is 1.20 bits per heavy atom. The maximum atomic E-state index is 12.2. The first-order chi connectivity index (χ1) is 9.63. The quantitative estimate of drug-likeness (QED) is 0.782. The van der Waals surface area contributed by atoms with Crippen LogP contribution in [0.4, 0.5) is 8.78 Å². The monoisotopic (exact) mass is 297 g/mol. The Labute approximate surface area is 120 Å². The second-order valence-corrected chi connectivity index (χ2v) is 5.47. The van der Waals surface area contributed by atoms with Crippen molar-refractivity contribution in [2.75, 3.05) is 0 Å². The van der Waals surface area contributed by atoms with Crippen molar-refractivity contribution in [3.05, 3.63) is 35.0 Å². The summed E-state index contributed by atoms with van der Waals surface area (Å²) in [5, 5.41) is 1.18. The number of nitrogens with zero attached hydrogens (tertiary/aromatic N) is 1. The fourth-order valence-electron chi connectivity index (χ4n) is 2.79. The van der Waals surface area contributed by atoms with Crippen LogP contribution in [0.3, 0.4) is 0 Å². The molecule has 3 rings (SSSR count). The van der Waals surface area contributed by atoms with Crippen LogP contribution in [0, 0.1) is 0 Å². The molecule has 5 heteroatoms. The number of ether oxygens (including phenoxy) is 1. The molecular weight excluding hydrogens is 284 g/mol. The van der Waals surface area contributed by atoms with E-state index in [1.165, 1.54) is 25.0 Å². The number of aromatic nitrogens is 1. The van der Waals surface area contributed by atoms with E-state index in [-0.39, 0.29) is 5.75 Å². The minimum absolute atomic E-state index is 0.102. The van der Waals surface area contributed by atoms with Gasteiger partial charge in [0.2, 0.25) is 0 Å². The maximum Gasteiger partial charge on any atom is 0.387 e. The highest BCUT2D eigenvalue weighted by Crippen LogP contribution is 2.36. The largest absolute Gasteiger partial charge is 0.435 e. The van der Waals surface area contributed by atoms with Gasteiger partial charge in [-0.05, 0) is 37.1 Å². The molecule has 0 amide bonds. The molecule has 0 N–H and O–H groups in total. The van der Waals surface area contributed by atoms with Crippen LogP contribution in [0.25, 0.3) is 10.9 Å². The van der Waals surface area contributed by atoms with Crippen molar-refractivity contribution in [2.24, 2.45) is 0 Å². The van der Waals surface area contributed by atoms with Crippen molar-refractivity contribution < 1.29 is 13.5 Å². The molecule has 1 aromatic carbocycles. The number of benzene rings is 1. The minimum atomic E-state index is -2.84. The van der Waals surface area contributed by atoms with Crippen LogP contribution in [0.5, 0.6) is 5.75 Å². The van der Waals surface area contributed by atoms with E-state index < -0.39 is 6.61 Å². The average Bonchev–Trinajstić information content (AvgIpc) is 2.92. The Bertz CT molecular complexity index is 627. The molecule has 0 saturated heterocycles. The Morgan fingerprint density at radius 3 is 2.65 bits per heavy atom. The highest BCUT2D eigenvalue weighted by molar-refractivity contribution is 6.35. The van der Waals surface area contributed by atoms with Gasteiger partial charge in [0.05, 0.1) is 10.5 Å². The van der Waals surface area contributed by atoms with Crippen LogP contribution in [0.1, 0.15) is 37.3 Å². The normalized spacial score (nSPS) is 16.2. The van der Waals surface area contributed by atoms with Gasteiger partial charge < -0.3 is 4.74 Å². The lowest BCUT2D eigenvalue weighted by Gasteiger charge is -2.12. The van der Waals surface area contributed by atoms with Gasteiger partial charge in [-0.3, -0.25) is 4.98 Å². The smallest absolute Gasteiger partial charge is 0.387 e. The topological polar surface area (TPSA) is 22.1 Å². The van der Waals surface area contributed by atoms with E-state index >= 15 is 0 Å². The number of rotatable bonds is 3. The van der Waals surface area contributed by atoms with Crippen molar-refractivity contribution in [3.63, 3.8) is 0 Å². The molecule has 106 valence electrons. The molecule has 0 bridgehead atoms. The van der Waals surface area contributed by atoms with Crippen molar-refractivity contribution in [2.45, 2.75) is 38.2 Å². The molecule has 1 saturated carbocycles. The van der Waals surface area contributed by atoms with Gasteiger partial charge in [0.15, 0.2) is 0 Å². The van der Waals surface area contributed by atoms with Gasteiger partial charge in [-0.2, -0.15) is 8.78 Å². The van der Waals surface area contributed by atoms with E-state index in [0.29, 0.717) is 16.3 Å². The second-order valence-electron chi connectivity index (χ2n) is 5.07. The van der Waals surface area contributed by atoms with E-state index in [4.69, 9.17) is 11.6 Å². The third kappa shape index (κ3) is 2.70. The summed E-state index contributed by atoms with van der Waals surface area (Å²) in [4.78, 5) is 4.61. The summed E-state index contributed by atoms with van der Waals surface area (Å²) in [6, 6.07) is 6.54. The Morgan fingerprint density at radius 2 is 1.95 bits per heavy atom. The van der Waals surface area contributed by atoms with Crippen molar-refractivity contribution in [1.29, 1.82) is 0 Å². The standard InChI is InChI=1S/C15H14ClF2NO/c16-12-8-14(9-3-1-2-4-9)19-13-6-5-10(7-11(12)13)20-15(17)18/h5-9,15H,1-4H2. The van der Waals surface area contributed by atoms with Crippen LogP contribution in [-0.2, 0) is 0 Å². The van der Waals surface area contributed by atoms with E-state index in [9.17, 15) is 8.78 Å². The SMILES string of the molecule is FC(F)Oc1ccc2nc(C3CCCC3)cc(Cl)c2c1. The van der Waals surface area contributed by atoms with Gasteiger partial charge >= 0.3 is 6.61 Å². The number of pyridine rings is 1. The van der Waals surface area contributed by atoms with E-state index in [0.717, 1.165) is 24.1 Å². The van der Waals surface area contributed by atoms with Gasteiger partial charge in [-0.1, -0.05) is 24.4 Å². The lowest BCUT2D eigenvalue weighted by molar-refractivity contribution is -0.0497. The molecule has 1 aliphatic carbocycles. The molecule has 0 unspecified atom stereocenters. The van der Waals surface area contributed by atoms with Crippen LogP contribution in [0.2, 0.25) is 5.02 Å². The van der Waals surface area contributed by atoms with Crippen molar-refractivity contribution in [1.82, 2.24) is 4.98 Å². The maximum absolute atomic E-state index is 12.2. The van der Waals surface area contributed by atoms with E-state index in [2.05, 4.69) is 9.72 Å². The predicted molar refractivity (Wildman–Crippen MR) is 74.6 cm³/mol. The first-order valence-corrected chi connectivity index (χ1v) is 7.06. The summed E-state index contributed by atoms with van der Waals surface area (Å²) in [5.41, 5.74) is 1.73. The molecule has 1 aromatic heterocycles. The molecule has 2 aromatic rings. The Balaban J connectivity index is 2.00. The Hall–Kier alpha value is -1.42. The minimum Gasteiger partial charge on any atom is -0.435 e. The predicted octanol–water partition coefficient (Wildman–Crippen LogP) is 5.15. The number of fused-ring (bicyclic) bond motifs is 1. The number of hydrogen-bond donors (Lipinski definition) is 0. The first-order valence-electron chi connectivity index (χ1n) is 6.68. The van der Waals surface area contributed by atoms with Crippen molar-refractivity contribution >= 4 is 22.5 Å². The molecule has 1 fully saturated rings. The third-order valence-corrected chi connectivity index (χ3v) is 4.06. The van der Waals surface area contributed by atoms with E-state index in [1.807, 2.05) is 6.07 Å².